The molecular formula is C6H13NS. The summed E-state index contributed by atoms with van der Waals surface area (Å²) in [6.07, 6.45) is 2.65. The molecule has 0 amide bonds. The van der Waals surface area contributed by atoms with Crippen molar-refractivity contribution in [3.63, 3.8) is 0 Å². The zero-order valence-corrected chi connectivity index (χ0v) is 5.91. The fourth-order valence-electron chi connectivity index (χ4n) is 1.05. The van der Waals surface area contributed by atoms with Crippen LogP contribution in [-0.4, -0.2) is 18.1 Å². The minimum atomic E-state index is 0.880. The molecule has 8 heavy (non-hydrogen) atoms. The van der Waals surface area contributed by atoms with Crippen LogP contribution in [0.1, 0.15) is 12.8 Å². The zero-order valence-electron chi connectivity index (χ0n) is 5.10. The van der Waals surface area contributed by atoms with Gasteiger partial charge < -0.3 is 5.73 Å². The Bertz CT molecular complexity index is 59.5. The van der Waals surface area contributed by atoms with E-state index in [1.807, 2.05) is 0 Å². The molecule has 0 bridgehead atoms. The van der Waals surface area contributed by atoms with E-state index in [1.54, 1.807) is 0 Å². The summed E-state index contributed by atoms with van der Waals surface area (Å²) in [5.41, 5.74) is 5.40. The smallest absolute Gasteiger partial charge is 0.00384 e. The average Bonchev–Trinajstić information content (AvgIpc) is 2.19. The van der Waals surface area contributed by atoms with Crippen LogP contribution in [0.2, 0.25) is 0 Å². The van der Waals surface area contributed by atoms with Crippen molar-refractivity contribution in [2.24, 2.45) is 11.7 Å². The molecule has 0 saturated carbocycles. The predicted octanol–water partition coefficient (Wildman–Crippen LogP) is 1.09. The summed E-state index contributed by atoms with van der Waals surface area (Å²) in [7, 11) is 0. The summed E-state index contributed by atoms with van der Waals surface area (Å²) in [6.45, 7) is 0.880. The van der Waals surface area contributed by atoms with Crippen molar-refractivity contribution < 1.29 is 0 Å². The van der Waals surface area contributed by atoms with Crippen LogP contribution in [0.4, 0.5) is 0 Å². The van der Waals surface area contributed by atoms with Gasteiger partial charge in [0.2, 0.25) is 0 Å². The highest BCUT2D eigenvalue weighted by atomic mass is 32.2. The number of nitrogens with two attached hydrogens (primary N) is 1. The summed E-state index contributed by atoms with van der Waals surface area (Å²) in [4.78, 5) is 0. The van der Waals surface area contributed by atoms with Crippen molar-refractivity contribution in [3.05, 3.63) is 0 Å². The van der Waals surface area contributed by atoms with Crippen LogP contribution >= 0.6 is 11.8 Å². The summed E-state index contributed by atoms with van der Waals surface area (Å²) < 4.78 is 0. The summed E-state index contributed by atoms with van der Waals surface area (Å²) in [6, 6.07) is 0. The van der Waals surface area contributed by atoms with Gasteiger partial charge >= 0.3 is 0 Å². The van der Waals surface area contributed by atoms with Crippen LogP contribution in [0.3, 0.4) is 0 Å². The van der Waals surface area contributed by atoms with E-state index in [1.165, 1.54) is 24.3 Å². The number of rotatable bonds is 2. The normalized spacial score (nSPS) is 28.9. The molecule has 1 saturated heterocycles. The quantitative estimate of drug-likeness (QED) is 0.607. The van der Waals surface area contributed by atoms with Crippen LogP contribution in [-0.2, 0) is 0 Å². The van der Waals surface area contributed by atoms with Gasteiger partial charge in [-0.1, -0.05) is 0 Å². The van der Waals surface area contributed by atoms with Gasteiger partial charge in [0, 0.05) is 0 Å². The molecule has 0 aromatic carbocycles. The van der Waals surface area contributed by atoms with Gasteiger partial charge in [0.1, 0.15) is 0 Å². The lowest BCUT2D eigenvalue weighted by molar-refractivity contribution is 0.555. The van der Waals surface area contributed by atoms with Gasteiger partial charge in [0.15, 0.2) is 0 Å². The first-order valence-electron chi connectivity index (χ1n) is 3.21. The van der Waals surface area contributed by atoms with E-state index in [4.69, 9.17) is 5.73 Å². The molecule has 1 fully saturated rings. The molecule has 0 aromatic rings. The van der Waals surface area contributed by atoms with Crippen LogP contribution in [0.5, 0.6) is 0 Å². The van der Waals surface area contributed by atoms with E-state index < -0.39 is 0 Å². The topological polar surface area (TPSA) is 26.0 Å². The Morgan fingerprint density at radius 2 is 2.50 bits per heavy atom. The molecule has 1 nitrogen and oxygen atoms in total. The Hall–Kier alpha value is 0.310. The second kappa shape index (κ2) is 3.36. The lowest BCUT2D eigenvalue weighted by Crippen LogP contribution is -2.07. The second-order valence-corrected chi connectivity index (χ2v) is 3.46. The Morgan fingerprint density at radius 3 is 3.00 bits per heavy atom. The van der Waals surface area contributed by atoms with Gasteiger partial charge in [-0.25, -0.2) is 0 Å². The molecule has 2 heteroatoms. The second-order valence-electron chi connectivity index (χ2n) is 2.31. The minimum absolute atomic E-state index is 0.880. The highest BCUT2D eigenvalue weighted by molar-refractivity contribution is 7.99. The Balaban J connectivity index is 2.06. The van der Waals surface area contributed by atoms with Crippen molar-refractivity contribution in [3.8, 4) is 0 Å². The van der Waals surface area contributed by atoms with Crippen molar-refractivity contribution in [1.82, 2.24) is 0 Å². The van der Waals surface area contributed by atoms with Gasteiger partial charge in [0.25, 0.3) is 0 Å². The summed E-state index contributed by atoms with van der Waals surface area (Å²) in [5, 5.41) is 0. The maximum atomic E-state index is 5.40. The van der Waals surface area contributed by atoms with Gasteiger partial charge in [-0.3, -0.25) is 0 Å². The van der Waals surface area contributed by atoms with E-state index in [0.717, 1.165) is 12.5 Å². The third-order valence-electron chi connectivity index (χ3n) is 1.60. The first-order chi connectivity index (χ1) is 3.93. The van der Waals surface area contributed by atoms with Crippen molar-refractivity contribution in [1.29, 1.82) is 0 Å². The number of hydrogen-bond donors (Lipinski definition) is 1. The van der Waals surface area contributed by atoms with Crippen molar-refractivity contribution in [2.75, 3.05) is 18.1 Å². The molecule has 1 unspecified atom stereocenters. The summed E-state index contributed by atoms with van der Waals surface area (Å²) >= 11 is 2.07. The molecule has 0 spiro atoms. The van der Waals surface area contributed by atoms with Crippen LogP contribution in [0.15, 0.2) is 0 Å². The summed E-state index contributed by atoms with van der Waals surface area (Å²) in [5.74, 6) is 3.67. The molecule has 1 aliphatic heterocycles. The molecule has 1 rings (SSSR count). The highest BCUT2D eigenvalue weighted by Gasteiger charge is 2.13. The van der Waals surface area contributed by atoms with E-state index >= 15 is 0 Å². The van der Waals surface area contributed by atoms with E-state index in [9.17, 15) is 0 Å². The molecule has 0 aromatic heterocycles. The molecule has 48 valence electrons. The molecule has 1 aliphatic rings. The van der Waals surface area contributed by atoms with Crippen LogP contribution in [0, 0.1) is 5.92 Å². The maximum Gasteiger partial charge on any atom is -0.00384 e. The standard InChI is InChI=1S/C6H13NS/c7-3-1-6-2-4-8-5-6/h6H,1-5,7H2. The zero-order chi connectivity index (χ0) is 5.82. The van der Waals surface area contributed by atoms with Gasteiger partial charge in [-0.05, 0) is 36.8 Å². The molecule has 1 heterocycles. The van der Waals surface area contributed by atoms with Crippen LogP contribution in [0.25, 0.3) is 0 Å². The van der Waals surface area contributed by atoms with Crippen LogP contribution < -0.4 is 5.73 Å². The Morgan fingerprint density at radius 1 is 1.62 bits per heavy atom. The van der Waals surface area contributed by atoms with Gasteiger partial charge in [-0.15, -0.1) is 0 Å². The predicted molar refractivity (Wildman–Crippen MR) is 39.1 cm³/mol. The van der Waals surface area contributed by atoms with Crippen molar-refractivity contribution >= 4 is 11.8 Å². The molecule has 0 radical (unpaired) electrons. The van der Waals surface area contributed by atoms with Gasteiger partial charge in [0.05, 0.1) is 0 Å². The molecule has 0 aliphatic carbocycles. The average molecular weight is 131 g/mol. The largest absolute Gasteiger partial charge is 0.330 e. The van der Waals surface area contributed by atoms with Crippen molar-refractivity contribution in [2.45, 2.75) is 12.8 Å². The molecule has 2 N–H and O–H groups in total. The number of hydrogen-bond acceptors (Lipinski definition) is 2. The highest BCUT2D eigenvalue weighted by Crippen LogP contribution is 2.25. The van der Waals surface area contributed by atoms with E-state index in [0.29, 0.717) is 0 Å². The first-order valence-corrected chi connectivity index (χ1v) is 4.37. The lowest BCUT2D eigenvalue weighted by Gasteiger charge is -2.02. The molecule has 1 atom stereocenters. The van der Waals surface area contributed by atoms with E-state index in [2.05, 4.69) is 11.8 Å². The lowest BCUT2D eigenvalue weighted by atomic mass is 10.1. The third kappa shape index (κ3) is 1.67. The van der Waals surface area contributed by atoms with Gasteiger partial charge in [-0.2, -0.15) is 11.8 Å². The fraction of sp³-hybridized carbons (Fsp3) is 1.00. The van der Waals surface area contributed by atoms with E-state index in [-0.39, 0.29) is 0 Å². The Labute approximate surface area is 55.0 Å². The Kier molecular flexibility index (Phi) is 2.70. The molecular weight excluding hydrogens is 118 g/mol. The maximum absolute atomic E-state index is 5.40. The first kappa shape index (κ1) is 6.43. The monoisotopic (exact) mass is 131 g/mol. The number of thioether (sulfide) groups is 1. The minimum Gasteiger partial charge on any atom is -0.330 e. The fourth-order valence-corrected chi connectivity index (χ4v) is 2.38. The third-order valence-corrected chi connectivity index (χ3v) is 2.83. The SMILES string of the molecule is NCCC1CCSC1.